The van der Waals surface area contributed by atoms with Crippen LogP contribution in [0.1, 0.15) is 5.56 Å². The molecule has 0 aliphatic rings. The Kier molecular flexibility index (Phi) is 2.96. The average molecular weight is 211 g/mol. The van der Waals surface area contributed by atoms with Crippen molar-refractivity contribution in [3.63, 3.8) is 0 Å². The summed E-state index contributed by atoms with van der Waals surface area (Å²) in [6, 6.07) is 4.05. The quantitative estimate of drug-likeness (QED) is 0.727. The minimum absolute atomic E-state index is 0.832. The molecule has 3 heteroatoms. The van der Waals surface area contributed by atoms with Gasteiger partial charge in [0.05, 0.1) is 0 Å². The first kappa shape index (κ1) is 10.4. The van der Waals surface area contributed by atoms with Crippen molar-refractivity contribution in [2.45, 2.75) is 6.42 Å². The fraction of sp³-hybridized carbons (Fsp3) is 0.0769. The summed E-state index contributed by atoms with van der Waals surface area (Å²) in [5.41, 5.74) is 3.19. The maximum atomic E-state index is 4.14. The van der Waals surface area contributed by atoms with Crippen LogP contribution in [0.5, 0.6) is 0 Å². The van der Waals surface area contributed by atoms with E-state index in [1.807, 2.05) is 30.5 Å². The van der Waals surface area contributed by atoms with Crippen LogP contribution in [0.15, 0.2) is 61.6 Å². The molecule has 0 spiro atoms. The van der Waals surface area contributed by atoms with Gasteiger partial charge in [-0.1, -0.05) is 31.4 Å². The summed E-state index contributed by atoms with van der Waals surface area (Å²) >= 11 is 0. The highest BCUT2D eigenvalue weighted by Gasteiger charge is 1.99. The molecule has 2 aromatic heterocycles. The van der Waals surface area contributed by atoms with Crippen molar-refractivity contribution < 1.29 is 0 Å². The molecule has 2 aromatic rings. The molecule has 0 N–H and O–H groups in total. The van der Waals surface area contributed by atoms with Crippen LogP contribution in [0.3, 0.4) is 0 Å². The van der Waals surface area contributed by atoms with Gasteiger partial charge in [0, 0.05) is 6.20 Å². The maximum absolute atomic E-state index is 4.14. The zero-order chi connectivity index (χ0) is 11.4. The molecule has 0 atom stereocenters. The number of pyridine rings is 1. The van der Waals surface area contributed by atoms with Gasteiger partial charge < -0.3 is 0 Å². The van der Waals surface area contributed by atoms with E-state index in [2.05, 4.69) is 23.2 Å². The Hall–Kier alpha value is -2.16. The summed E-state index contributed by atoms with van der Waals surface area (Å²) in [5, 5.41) is 4.05. The van der Waals surface area contributed by atoms with Gasteiger partial charge in [-0.3, -0.25) is 0 Å². The highest BCUT2D eigenvalue weighted by Crippen LogP contribution is 2.10. The van der Waals surface area contributed by atoms with Crippen molar-refractivity contribution in [1.82, 2.24) is 14.6 Å². The van der Waals surface area contributed by atoms with E-state index in [-0.39, 0.29) is 0 Å². The lowest BCUT2D eigenvalue weighted by atomic mass is 10.1. The molecule has 0 saturated heterocycles. The SMILES string of the molecule is C=C/C=C(\C=C)Cc1ccn2ncnc2c1. The van der Waals surface area contributed by atoms with Gasteiger partial charge >= 0.3 is 0 Å². The zero-order valence-electron chi connectivity index (χ0n) is 9.00. The molecular formula is C13H13N3. The van der Waals surface area contributed by atoms with E-state index < -0.39 is 0 Å². The monoisotopic (exact) mass is 211 g/mol. The number of hydrogen-bond donors (Lipinski definition) is 0. The average Bonchev–Trinajstić information content (AvgIpc) is 2.75. The lowest BCUT2D eigenvalue weighted by molar-refractivity contribution is 0.954. The van der Waals surface area contributed by atoms with E-state index in [4.69, 9.17) is 0 Å². The molecule has 0 radical (unpaired) electrons. The summed E-state index contributed by atoms with van der Waals surface area (Å²) in [6.45, 7) is 7.46. The van der Waals surface area contributed by atoms with Crippen LogP contribution in [0.25, 0.3) is 5.65 Å². The van der Waals surface area contributed by atoms with Gasteiger partial charge in [-0.2, -0.15) is 5.10 Å². The van der Waals surface area contributed by atoms with Gasteiger partial charge in [0.15, 0.2) is 5.65 Å². The third-order valence-corrected chi connectivity index (χ3v) is 2.35. The predicted octanol–water partition coefficient (Wildman–Crippen LogP) is 2.57. The standard InChI is InChI=1S/C13H13N3/c1-3-5-11(4-2)8-12-6-7-16-13(9-12)14-10-15-16/h3-7,9-10H,1-2,8H2/b11-5+. The van der Waals surface area contributed by atoms with E-state index in [1.54, 1.807) is 16.9 Å². The molecule has 80 valence electrons. The largest absolute Gasteiger partial charge is 0.221 e. The van der Waals surface area contributed by atoms with Crippen LogP contribution in [-0.2, 0) is 6.42 Å². The van der Waals surface area contributed by atoms with E-state index in [1.165, 1.54) is 5.56 Å². The topological polar surface area (TPSA) is 30.2 Å². The Balaban J connectivity index is 2.29. The Morgan fingerprint density at radius 1 is 1.44 bits per heavy atom. The van der Waals surface area contributed by atoms with Gasteiger partial charge in [-0.05, 0) is 29.7 Å². The normalized spacial score (nSPS) is 11.6. The Bertz CT molecular complexity index is 549. The molecule has 0 unspecified atom stereocenters. The number of fused-ring (bicyclic) bond motifs is 1. The molecule has 0 aromatic carbocycles. The van der Waals surface area contributed by atoms with Crippen LogP contribution in [-0.4, -0.2) is 14.6 Å². The molecule has 2 rings (SSSR count). The van der Waals surface area contributed by atoms with E-state index in [0.717, 1.165) is 17.6 Å². The molecule has 0 saturated carbocycles. The third-order valence-electron chi connectivity index (χ3n) is 2.35. The maximum Gasteiger partial charge on any atom is 0.155 e. The van der Waals surface area contributed by atoms with Crippen LogP contribution in [0.4, 0.5) is 0 Å². The van der Waals surface area contributed by atoms with Crippen molar-refractivity contribution in [3.8, 4) is 0 Å². The molecule has 3 nitrogen and oxygen atoms in total. The fourth-order valence-electron chi connectivity index (χ4n) is 1.55. The highest BCUT2D eigenvalue weighted by atomic mass is 15.3. The molecule has 0 amide bonds. The molecular weight excluding hydrogens is 198 g/mol. The van der Waals surface area contributed by atoms with Gasteiger partial charge in [0.2, 0.25) is 0 Å². The number of hydrogen-bond acceptors (Lipinski definition) is 2. The second-order valence-electron chi connectivity index (χ2n) is 3.46. The Labute approximate surface area is 94.4 Å². The first-order valence-corrected chi connectivity index (χ1v) is 5.06. The molecule has 0 aliphatic heterocycles. The minimum atomic E-state index is 0.832. The first-order valence-electron chi connectivity index (χ1n) is 5.06. The van der Waals surface area contributed by atoms with E-state index in [9.17, 15) is 0 Å². The van der Waals surface area contributed by atoms with Crippen LogP contribution in [0.2, 0.25) is 0 Å². The summed E-state index contributed by atoms with van der Waals surface area (Å²) < 4.78 is 1.74. The van der Waals surface area contributed by atoms with Crippen molar-refractivity contribution in [3.05, 3.63) is 67.2 Å². The first-order chi connectivity index (χ1) is 7.83. The minimum Gasteiger partial charge on any atom is -0.221 e. The Morgan fingerprint density at radius 2 is 2.31 bits per heavy atom. The van der Waals surface area contributed by atoms with Crippen molar-refractivity contribution >= 4 is 5.65 Å². The van der Waals surface area contributed by atoms with E-state index in [0.29, 0.717) is 0 Å². The van der Waals surface area contributed by atoms with Crippen molar-refractivity contribution in [2.24, 2.45) is 0 Å². The summed E-state index contributed by atoms with van der Waals surface area (Å²) in [6.07, 6.45) is 9.86. The summed E-state index contributed by atoms with van der Waals surface area (Å²) in [7, 11) is 0. The smallest absolute Gasteiger partial charge is 0.155 e. The Morgan fingerprint density at radius 3 is 3.06 bits per heavy atom. The van der Waals surface area contributed by atoms with Crippen LogP contribution < -0.4 is 0 Å². The number of allylic oxidation sites excluding steroid dienone is 4. The fourth-order valence-corrected chi connectivity index (χ4v) is 1.55. The van der Waals surface area contributed by atoms with Gasteiger partial charge in [-0.15, -0.1) is 0 Å². The third kappa shape index (κ3) is 2.08. The van der Waals surface area contributed by atoms with Gasteiger partial charge in [0.1, 0.15) is 6.33 Å². The number of aromatic nitrogens is 3. The lowest BCUT2D eigenvalue weighted by Crippen LogP contribution is -1.92. The van der Waals surface area contributed by atoms with Crippen LogP contribution >= 0.6 is 0 Å². The summed E-state index contributed by atoms with van der Waals surface area (Å²) in [5.74, 6) is 0. The van der Waals surface area contributed by atoms with Gasteiger partial charge in [0.25, 0.3) is 0 Å². The number of nitrogens with zero attached hydrogens (tertiary/aromatic N) is 3. The lowest BCUT2D eigenvalue weighted by Gasteiger charge is -2.02. The second-order valence-corrected chi connectivity index (χ2v) is 3.46. The molecule has 0 aliphatic carbocycles. The van der Waals surface area contributed by atoms with Crippen molar-refractivity contribution in [1.29, 1.82) is 0 Å². The molecule has 16 heavy (non-hydrogen) atoms. The van der Waals surface area contributed by atoms with E-state index >= 15 is 0 Å². The van der Waals surface area contributed by atoms with Gasteiger partial charge in [-0.25, -0.2) is 9.50 Å². The molecule has 0 fully saturated rings. The predicted molar refractivity (Wildman–Crippen MR) is 65.2 cm³/mol. The van der Waals surface area contributed by atoms with Crippen molar-refractivity contribution in [2.75, 3.05) is 0 Å². The molecule has 0 bridgehead atoms. The second kappa shape index (κ2) is 4.57. The zero-order valence-corrected chi connectivity index (χ0v) is 9.00. The van der Waals surface area contributed by atoms with Crippen LogP contribution in [0, 0.1) is 0 Å². The number of rotatable bonds is 4. The highest BCUT2D eigenvalue weighted by molar-refractivity contribution is 5.41. The molecule has 2 heterocycles. The summed E-state index contributed by atoms with van der Waals surface area (Å²) in [4.78, 5) is 4.14.